The molecule has 0 nitrogen and oxygen atoms in total. The molecule has 0 heterocycles. The van der Waals surface area contributed by atoms with Gasteiger partial charge in [0.05, 0.1) is 0 Å². The van der Waals surface area contributed by atoms with E-state index in [1.807, 2.05) is 6.92 Å². The van der Waals surface area contributed by atoms with Gasteiger partial charge in [0.2, 0.25) is 0 Å². The van der Waals surface area contributed by atoms with Gasteiger partial charge in [0, 0.05) is 0 Å². The highest BCUT2D eigenvalue weighted by atomic mass is 19.1. The molecule has 146 valence electrons. The molecule has 0 atom stereocenters. The van der Waals surface area contributed by atoms with Gasteiger partial charge in [0.1, 0.15) is 5.67 Å². The molecule has 2 aliphatic rings. The number of hydrogen-bond donors (Lipinski definition) is 0. The van der Waals surface area contributed by atoms with Crippen LogP contribution >= 0.6 is 0 Å². The molecule has 2 aliphatic carbocycles. The summed E-state index contributed by atoms with van der Waals surface area (Å²) >= 11 is 0. The second kappa shape index (κ2) is 9.38. The van der Waals surface area contributed by atoms with E-state index in [0.29, 0.717) is 12.3 Å². The fourth-order valence-electron chi connectivity index (χ4n) is 5.33. The van der Waals surface area contributed by atoms with Crippen molar-refractivity contribution in [3.05, 3.63) is 35.4 Å². The Morgan fingerprint density at radius 3 is 1.85 bits per heavy atom. The van der Waals surface area contributed by atoms with Gasteiger partial charge in [-0.3, -0.25) is 0 Å². The van der Waals surface area contributed by atoms with Gasteiger partial charge in [-0.15, -0.1) is 0 Å². The molecule has 0 bridgehead atoms. The molecular weight excluding hydrogens is 319 g/mol. The molecule has 0 aliphatic heterocycles. The average Bonchev–Trinajstić information content (AvgIpc) is 2.70. The van der Waals surface area contributed by atoms with E-state index < -0.39 is 5.67 Å². The van der Waals surface area contributed by atoms with Crippen molar-refractivity contribution in [2.45, 2.75) is 115 Å². The second-order valence-electron chi connectivity index (χ2n) is 9.16. The fraction of sp³-hybridized carbons (Fsp3) is 0.760. The topological polar surface area (TPSA) is 0 Å². The van der Waals surface area contributed by atoms with Gasteiger partial charge >= 0.3 is 0 Å². The van der Waals surface area contributed by atoms with Crippen molar-refractivity contribution in [1.29, 1.82) is 0 Å². The molecule has 0 N–H and O–H groups in total. The van der Waals surface area contributed by atoms with Crippen LogP contribution in [0.3, 0.4) is 0 Å². The largest absolute Gasteiger partial charge is 0.244 e. The molecule has 2 fully saturated rings. The molecule has 1 aromatic carbocycles. The molecule has 0 saturated heterocycles. The second-order valence-corrected chi connectivity index (χ2v) is 9.16. The number of rotatable bonds is 7. The van der Waals surface area contributed by atoms with Crippen LogP contribution in [0.1, 0.15) is 120 Å². The molecule has 0 spiro atoms. The quantitative estimate of drug-likeness (QED) is 0.430. The zero-order chi connectivity index (χ0) is 18.4. The predicted octanol–water partition coefficient (Wildman–Crippen LogP) is 8.32. The number of alkyl halides is 1. The minimum Gasteiger partial charge on any atom is -0.244 e. The normalized spacial score (nSPS) is 32.5. The summed E-state index contributed by atoms with van der Waals surface area (Å²) in [5.74, 6) is 2.34. The molecule has 1 heteroatoms. The molecule has 2 saturated carbocycles. The zero-order valence-electron chi connectivity index (χ0n) is 17.1. The van der Waals surface area contributed by atoms with Gasteiger partial charge in [-0.05, 0) is 86.7 Å². The molecular formula is C25H39F. The highest BCUT2D eigenvalue weighted by molar-refractivity contribution is 5.28. The lowest BCUT2D eigenvalue weighted by atomic mass is 9.74. The van der Waals surface area contributed by atoms with E-state index in [9.17, 15) is 4.39 Å². The van der Waals surface area contributed by atoms with Gasteiger partial charge in [-0.2, -0.15) is 0 Å². The van der Waals surface area contributed by atoms with Crippen LogP contribution in [0.5, 0.6) is 0 Å². The summed E-state index contributed by atoms with van der Waals surface area (Å²) in [6, 6.07) is 9.47. The maximum Gasteiger partial charge on any atom is 0.110 e. The summed E-state index contributed by atoms with van der Waals surface area (Å²) in [7, 11) is 0. The van der Waals surface area contributed by atoms with Gasteiger partial charge in [-0.1, -0.05) is 63.8 Å². The third-order valence-electron chi connectivity index (χ3n) is 7.46. The Labute approximate surface area is 161 Å². The summed E-state index contributed by atoms with van der Waals surface area (Å²) in [6.07, 6.45) is 15.4. The van der Waals surface area contributed by atoms with Crippen molar-refractivity contribution >= 4 is 0 Å². The number of benzene rings is 1. The lowest BCUT2D eigenvalue weighted by Crippen LogP contribution is -2.27. The first kappa shape index (κ1) is 19.9. The third-order valence-corrected chi connectivity index (χ3v) is 7.46. The highest BCUT2D eigenvalue weighted by Crippen LogP contribution is 2.42. The average molecular weight is 359 g/mol. The first-order valence-electron chi connectivity index (χ1n) is 11.4. The summed E-state index contributed by atoms with van der Waals surface area (Å²) in [5, 5.41) is 0. The van der Waals surface area contributed by atoms with E-state index in [0.717, 1.165) is 37.5 Å². The lowest BCUT2D eigenvalue weighted by molar-refractivity contribution is 0.0939. The van der Waals surface area contributed by atoms with Crippen LogP contribution in [0.4, 0.5) is 4.39 Å². The fourth-order valence-corrected chi connectivity index (χ4v) is 5.33. The molecule has 3 rings (SSSR count). The standard InChI is InChI=1S/C25H39F/c1-3-5-6-7-20-8-10-21(11-9-20)22-12-14-23(15-13-22)24-16-18-25(26,4-2)19-17-24/h12-15,20-21,24H,3-11,16-19H2,1-2H3/t20-,21-,24?,25?. The Bertz CT molecular complexity index is 516. The zero-order valence-corrected chi connectivity index (χ0v) is 17.1. The van der Waals surface area contributed by atoms with Crippen LogP contribution < -0.4 is 0 Å². The van der Waals surface area contributed by atoms with Crippen molar-refractivity contribution in [1.82, 2.24) is 0 Å². The molecule has 0 amide bonds. The Morgan fingerprint density at radius 2 is 1.35 bits per heavy atom. The Hall–Kier alpha value is -0.850. The van der Waals surface area contributed by atoms with Gasteiger partial charge in [-0.25, -0.2) is 4.39 Å². The number of halogens is 1. The number of hydrogen-bond acceptors (Lipinski definition) is 0. The van der Waals surface area contributed by atoms with Gasteiger partial charge < -0.3 is 0 Å². The Kier molecular flexibility index (Phi) is 7.18. The highest BCUT2D eigenvalue weighted by Gasteiger charge is 2.34. The van der Waals surface area contributed by atoms with Gasteiger partial charge in [0.25, 0.3) is 0 Å². The Morgan fingerprint density at radius 1 is 0.808 bits per heavy atom. The number of unbranched alkanes of at least 4 members (excludes halogenated alkanes) is 2. The monoisotopic (exact) mass is 358 g/mol. The van der Waals surface area contributed by atoms with Crippen molar-refractivity contribution in [3.8, 4) is 0 Å². The summed E-state index contributed by atoms with van der Waals surface area (Å²) in [4.78, 5) is 0. The summed E-state index contributed by atoms with van der Waals surface area (Å²) in [5.41, 5.74) is 2.11. The van der Waals surface area contributed by atoms with E-state index in [1.165, 1.54) is 56.9 Å². The maximum absolute atomic E-state index is 14.4. The van der Waals surface area contributed by atoms with Gasteiger partial charge in [0.15, 0.2) is 0 Å². The summed E-state index contributed by atoms with van der Waals surface area (Å²) in [6.45, 7) is 4.29. The van der Waals surface area contributed by atoms with Crippen LogP contribution in [0.25, 0.3) is 0 Å². The molecule has 0 radical (unpaired) electrons. The molecule has 0 aromatic heterocycles. The maximum atomic E-state index is 14.4. The van der Waals surface area contributed by atoms with Crippen molar-refractivity contribution in [2.75, 3.05) is 0 Å². The van der Waals surface area contributed by atoms with E-state index in [2.05, 4.69) is 31.2 Å². The van der Waals surface area contributed by atoms with Crippen molar-refractivity contribution in [3.63, 3.8) is 0 Å². The molecule has 26 heavy (non-hydrogen) atoms. The van der Waals surface area contributed by atoms with Crippen LogP contribution in [0, 0.1) is 5.92 Å². The third kappa shape index (κ3) is 5.11. The first-order chi connectivity index (χ1) is 12.6. The van der Waals surface area contributed by atoms with Crippen LogP contribution in [-0.2, 0) is 0 Å². The predicted molar refractivity (Wildman–Crippen MR) is 111 cm³/mol. The lowest BCUT2D eigenvalue weighted by Gasteiger charge is -2.33. The first-order valence-corrected chi connectivity index (χ1v) is 11.4. The van der Waals surface area contributed by atoms with E-state index in [1.54, 1.807) is 5.56 Å². The van der Waals surface area contributed by atoms with Crippen LogP contribution in [-0.4, -0.2) is 5.67 Å². The smallest absolute Gasteiger partial charge is 0.110 e. The van der Waals surface area contributed by atoms with Crippen LogP contribution in [0.15, 0.2) is 24.3 Å². The summed E-state index contributed by atoms with van der Waals surface area (Å²) < 4.78 is 14.4. The minimum atomic E-state index is -0.883. The Balaban J connectivity index is 1.48. The minimum absolute atomic E-state index is 0.578. The van der Waals surface area contributed by atoms with E-state index in [4.69, 9.17) is 0 Å². The van der Waals surface area contributed by atoms with Crippen LogP contribution in [0.2, 0.25) is 0 Å². The van der Waals surface area contributed by atoms with E-state index >= 15 is 0 Å². The molecule has 0 unspecified atom stereocenters. The SMILES string of the molecule is CCCCC[C@H]1CC[C@H](c2ccc(C3CCC(F)(CC)CC3)cc2)CC1. The van der Waals surface area contributed by atoms with E-state index in [-0.39, 0.29) is 0 Å². The van der Waals surface area contributed by atoms with Crippen molar-refractivity contribution < 1.29 is 4.39 Å². The molecule has 1 aromatic rings. The van der Waals surface area contributed by atoms with Crippen molar-refractivity contribution in [2.24, 2.45) is 5.92 Å².